The topological polar surface area (TPSA) is 20.2 Å². The Morgan fingerprint density at radius 2 is 1.95 bits per heavy atom. The van der Waals surface area contributed by atoms with Crippen LogP contribution >= 0.6 is 27.5 Å². The monoisotopic (exact) mass is 342 g/mol. The molecule has 19 heavy (non-hydrogen) atoms. The van der Waals surface area contributed by atoms with Crippen molar-refractivity contribution in [1.29, 1.82) is 0 Å². The van der Waals surface area contributed by atoms with E-state index in [0.717, 1.165) is 15.6 Å². The van der Waals surface area contributed by atoms with Gasteiger partial charge in [-0.2, -0.15) is 0 Å². The number of halogens is 3. The largest absolute Gasteiger partial charge is 0.396 e. The SMILES string of the molecule is OCC(Cc1ccc(F)c(Cl)c1)c1ccccc1Br. The quantitative estimate of drug-likeness (QED) is 0.863. The molecule has 2 rings (SSSR count). The molecule has 0 radical (unpaired) electrons. The van der Waals surface area contributed by atoms with E-state index in [0.29, 0.717) is 6.42 Å². The van der Waals surface area contributed by atoms with Crippen LogP contribution in [0.25, 0.3) is 0 Å². The lowest BCUT2D eigenvalue weighted by molar-refractivity contribution is 0.264. The second-order valence-electron chi connectivity index (χ2n) is 4.35. The summed E-state index contributed by atoms with van der Waals surface area (Å²) in [6, 6.07) is 12.4. The third-order valence-electron chi connectivity index (χ3n) is 3.03. The molecule has 0 fully saturated rings. The molecule has 0 aliphatic carbocycles. The van der Waals surface area contributed by atoms with Crippen LogP contribution in [0.15, 0.2) is 46.9 Å². The van der Waals surface area contributed by atoms with E-state index < -0.39 is 5.82 Å². The first-order chi connectivity index (χ1) is 9.11. The van der Waals surface area contributed by atoms with Crippen molar-refractivity contribution in [1.82, 2.24) is 0 Å². The molecule has 0 aliphatic heterocycles. The van der Waals surface area contributed by atoms with Crippen molar-refractivity contribution in [2.24, 2.45) is 0 Å². The zero-order valence-electron chi connectivity index (χ0n) is 10.1. The van der Waals surface area contributed by atoms with Crippen LogP contribution in [0.3, 0.4) is 0 Å². The molecule has 0 aromatic heterocycles. The van der Waals surface area contributed by atoms with E-state index in [9.17, 15) is 9.50 Å². The molecule has 1 unspecified atom stereocenters. The van der Waals surface area contributed by atoms with Gasteiger partial charge in [0.25, 0.3) is 0 Å². The zero-order valence-corrected chi connectivity index (χ0v) is 12.5. The molecule has 1 atom stereocenters. The Morgan fingerprint density at radius 3 is 2.58 bits per heavy atom. The van der Waals surface area contributed by atoms with Crippen LogP contribution in [0.2, 0.25) is 5.02 Å². The van der Waals surface area contributed by atoms with Crippen molar-refractivity contribution in [2.75, 3.05) is 6.61 Å². The fourth-order valence-electron chi connectivity index (χ4n) is 2.03. The van der Waals surface area contributed by atoms with Crippen LogP contribution in [-0.4, -0.2) is 11.7 Å². The Labute approximate surface area is 125 Å². The van der Waals surface area contributed by atoms with Crippen LogP contribution in [0, 0.1) is 5.82 Å². The maximum Gasteiger partial charge on any atom is 0.141 e. The van der Waals surface area contributed by atoms with Gasteiger partial charge in [-0.05, 0) is 35.7 Å². The molecule has 100 valence electrons. The molecule has 0 saturated heterocycles. The van der Waals surface area contributed by atoms with Crippen LogP contribution in [0.5, 0.6) is 0 Å². The van der Waals surface area contributed by atoms with Crippen molar-refractivity contribution in [3.05, 3.63) is 68.9 Å². The van der Waals surface area contributed by atoms with Gasteiger partial charge in [0.2, 0.25) is 0 Å². The number of aliphatic hydroxyl groups is 1. The first kappa shape index (κ1) is 14.5. The maximum atomic E-state index is 13.1. The molecule has 0 heterocycles. The van der Waals surface area contributed by atoms with Gasteiger partial charge >= 0.3 is 0 Å². The summed E-state index contributed by atoms with van der Waals surface area (Å²) in [6.07, 6.45) is 0.610. The Morgan fingerprint density at radius 1 is 1.21 bits per heavy atom. The highest BCUT2D eigenvalue weighted by atomic mass is 79.9. The highest BCUT2D eigenvalue weighted by Gasteiger charge is 2.14. The Bertz CT molecular complexity index is 574. The van der Waals surface area contributed by atoms with Gasteiger partial charge in [-0.25, -0.2) is 4.39 Å². The number of hydrogen-bond donors (Lipinski definition) is 1. The second kappa shape index (κ2) is 6.51. The van der Waals surface area contributed by atoms with Gasteiger partial charge in [0.15, 0.2) is 0 Å². The minimum absolute atomic E-state index is 0.0254. The third-order valence-corrected chi connectivity index (χ3v) is 4.04. The summed E-state index contributed by atoms with van der Waals surface area (Å²) in [5.41, 5.74) is 1.94. The number of hydrogen-bond acceptors (Lipinski definition) is 1. The van der Waals surface area contributed by atoms with E-state index in [4.69, 9.17) is 11.6 Å². The summed E-state index contributed by atoms with van der Waals surface area (Å²) in [4.78, 5) is 0. The lowest BCUT2D eigenvalue weighted by Gasteiger charge is -2.16. The minimum atomic E-state index is -0.424. The van der Waals surface area contributed by atoms with Gasteiger partial charge in [-0.3, -0.25) is 0 Å². The minimum Gasteiger partial charge on any atom is -0.396 e. The number of aliphatic hydroxyl groups excluding tert-OH is 1. The van der Waals surface area contributed by atoms with Crippen molar-refractivity contribution in [2.45, 2.75) is 12.3 Å². The third kappa shape index (κ3) is 3.56. The summed E-state index contributed by atoms with van der Waals surface area (Å²) in [7, 11) is 0. The average molecular weight is 344 g/mol. The van der Waals surface area contributed by atoms with E-state index in [1.54, 1.807) is 12.1 Å². The Balaban J connectivity index is 2.24. The lowest BCUT2D eigenvalue weighted by atomic mass is 9.93. The molecule has 0 bridgehead atoms. The molecule has 1 N–H and O–H groups in total. The van der Waals surface area contributed by atoms with Crippen molar-refractivity contribution in [3.8, 4) is 0 Å². The zero-order chi connectivity index (χ0) is 13.8. The van der Waals surface area contributed by atoms with Gasteiger partial charge in [0, 0.05) is 10.4 Å². The molecule has 2 aromatic carbocycles. The first-order valence-electron chi connectivity index (χ1n) is 5.91. The highest BCUT2D eigenvalue weighted by Crippen LogP contribution is 2.28. The number of benzene rings is 2. The van der Waals surface area contributed by atoms with Crippen LogP contribution in [0.4, 0.5) is 4.39 Å². The molecule has 4 heteroatoms. The van der Waals surface area contributed by atoms with E-state index in [2.05, 4.69) is 15.9 Å². The van der Waals surface area contributed by atoms with Crippen LogP contribution < -0.4 is 0 Å². The van der Waals surface area contributed by atoms with Gasteiger partial charge in [0.05, 0.1) is 11.6 Å². The predicted molar refractivity (Wildman–Crippen MR) is 79.1 cm³/mol. The fraction of sp³-hybridized carbons (Fsp3) is 0.200. The normalized spacial score (nSPS) is 12.4. The van der Waals surface area contributed by atoms with Crippen molar-refractivity contribution in [3.63, 3.8) is 0 Å². The van der Waals surface area contributed by atoms with E-state index in [-0.39, 0.29) is 17.5 Å². The molecule has 2 aromatic rings. The summed E-state index contributed by atoms with van der Waals surface area (Å²) >= 11 is 9.25. The van der Waals surface area contributed by atoms with Crippen LogP contribution in [-0.2, 0) is 6.42 Å². The summed E-state index contributed by atoms with van der Waals surface area (Å²) in [5.74, 6) is -0.469. The molecule has 0 spiro atoms. The molecule has 0 saturated carbocycles. The molecule has 1 nitrogen and oxygen atoms in total. The Hall–Kier alpha value is -0.900. The Kier molecular flexibility index (Phi) is 4.97. The van der Waals surface area contributed by atoms with Gasteiger partial charge in [-0.1, -0.05) is 51.8 Å². The smallest absolute Gasteiger partial charge is 0.141 e. The standard InChI is InChI=1S/C15H13BrClFO/c16-13-4-2-1-3-12(13)11(9-19)7-10-5-6-15(18)14(17)8-10/h1-6,8,11,19H,7,9H2. The predicted octanol–water partition coefficient (Wildman–Crippen LogP) is 4.56. The van der Waals surface area contributed by atoms with E-state index >= 15 is 0 Å². The lowest BCUT2D eigenvalue weighted by Crippen LogP contribution is -2.08. The molecular formula is C15H13BrClFO. The van der Waals surface area contributed by atoms with Gasteiger partial charge in [-0.15, -0.1) is 0 Å². The molecule has 0 amide bonds. The van der Waals surface area contributed by atoms with Gasteiger partial charge < -0.3 is 5.11 Å². The van der Waals surface area contributed by atoms with E-state index in [1.165, 1.54) is 6.07 Å². The average Bonchev–Trinajstić information content (AvgIpc) is 2.41. The van der Waals surface area contributed by atoms with Crippen molar-refractivity contribution < 1.29 is 9.50 Å². The van der Waals surface area contributed by atoms with Gasteiger partial charge in [0.1, 0.15) is 5.82 Å². The molecule has 0 aliphatic rings. The number of rotatable bonds is 4. The van der Waals surface area contributed by atoms with Crippen molar-refractivity contribution >= 4 is 27.5 Å². The maximum absolute atomic E-state index is 13.1. The fourth-order valence-corrected chi connectivity index (χ4v) is 2.84. The first-order valence-corrected chi connectivity index (χ1v) is 7.08. The van der Waals surface area contributed by atoms with E-state index in [1.807, 2.05) is 24.3 Å². The second-order valence-corrected chi connectivity index (χ2v) is 5.62. The summed E-state index contributed by atoms with van der Waals surface area (Å²) in [6.45, 7) is 0.0254. The summed E-state index contributed by atoms with van der Waals surface area (Å²) in [5, 5.41) is 9.67. The highest BCUT2D eigenvalue weighted by molar-refractivity contribution is 9.10. The van der Waals surface area contributed by atoms with Crippen LogP contribution in [0.1, 0.15) is 17.0 Å². The molecular weight excluding hydrogens is 331 g/mol. The summed E-state index contributed by atoms with van der Waals surface area (Å²) < 4.78 is 14.1.